The van der Waals surface area contributed by atoms with Crippen molar-refractivity contribution in [2.75, 3.05) is 29.9 Å². The highest BCUT2D eigenvalue weighted by molar-refractivity contribution is 5.76. The molecule has 0 bridgehead atoms. The van der Waals surface area contributed by atoms with Crippen molar-refractivity contribution in [2.45, 2.75) is 20.3 Å². The molecule has 0 atom stereocenters. The number of nitrogens with one attached hydrogen (secondary N) is 1. The van der Waals surface area contributed by atoms with Gasteiger partial charge in [0.25, 0.3) is 0 Å². The van der Waals surface area contributed by atoms with E-state index >= 15 is 0 Å². The number of benzene rings is 2. The van der Waals surface area contributed by atoms with E-state index in [0.29, 0.717) is 6.54 Å². The molecule has 21 heavy (non-hydrogen) atoms. The van der Waals surface area contributed by atoms with Gasteiger partial charge >= 0.3 is 0 Å². The number of aryl methyl sites for hydroxylation is 1. The summed E-state index contributed by atoms with van der Waals surface area (Å²) >= 11 is 0. The maximum Gasteiger partial charge on any atom is 0.0646 e. The smallest absolute Gasteiger partial charge is 0.0646 e. The molecular formula is C18H25N3. The Morgan fingerprint density at radius 3 is 2.33 bits per heavy atom. The van der Waals surface area contributed by atoms with Crippen molar-refractivity contribution in [1.29, 1.82) is 0 Å². The van der Waals surface area contributed by atoms with Gasteiger partial charge in [-0.3, -0.25) is 0 Å². The summed E-state index contributed by atoms with van der Waals surface area (Å²) in [6, 6.07) is 17.1. The van der Waals surface area contributed by atoms with Crippen LogP contribution in [0.5, 0.6) is 0 Å². The second kappa shape index (κ2) is 7.70. The molecule has 0 saturated carbocycles. The van der Waals surface area contributed by atoms with Crippen LogP contribution in [0.2, 0.25) is 0 Å². The number of hydrogen-bond donors (Lipinski definition) is 2. The molecule has 0 amide bonds. The lowest BCUT2D eigenvalue weighted by Gasteiger charge is -2.27. The van der Waals surface area contributed by atoms with Gasteiger partial charge in [0.2, 0.25) is 0 Å². The molecule has 0 aliphatic rings. The van der Waals surface area contributed by atoms with Gasteiger partial charge in [0.15, 0.2) is 0 Å². The Labute approximate surface area is 127 Å². The number of anilines is 3. The molecule has 0 saturated heterocycles. The monoisotopic (exact) mass is 283 g/mol. The van der Waals surface area contributed by atoms with Crippen molar-refractivity contribution in [2.24, 2.45) is 5.73 Å². The first kappa shape index (κ1) is 15.4. The first-order chi connectivity index (χ1) is 10.3. The summed E-state index contributed by atoms with van der Waals surface area (Å²) in [5.41, 5.74) is 10.7. The molecule has 0 unspecified atom stereocenters. The average Bonchev–Trinajstić information content (AvgIpc) is 2.54. The van der Waals surface area contributed by atoms with Gasteiger partial charge in [0.05, 0.1) is 11.4 Å². The van der Waals surface area contributed by atoms with Crippen molar-refractivity contribution in [3.63, 3.8) is 0 Å². The van der Waals surface area contributed by atoms with Crippen LogP contribution in [0.3, 0.4) is 0 Å². The van der Waals surface area contributed by atoms with Crippen molar-refractivity contribution in [3.05, 3.63) is 54.1 Å². The SMILES string of the molecule is CCNc1ccccc1N(CCN)c1ccc(CC)cc1. The molecule has 0 heterocycles. The number of rotatable bonds is 7. The van der Waals surface area contributed by atoms with Gasteiger partial charge in [0.1, 0.15) is 0 Å². The van der Waals surface area contributed by atoms with Gasteiger partial charge in [-0.2, -0.15) is 0 Å². The van der Waals surface area contributed by atoms with Crippen LogP contribution < -0.4 is 16.0 Å². The molecule has 2 aromatic carbocycles. The third kappa shape index (κ3) is 3.76. The minimum absolute atomic E-state index is 0.621. The number of hydrogen-bond acceptors (Lipinski definition) is 3. The van der Waals surface area contributed by atoms with Crippen molar-refractivity contribution in [3.8, 4) is 0 Å². The molecule has 0 aliphatic carbocycles. The molecule has 3 nitrogen and oxygen atoms in total. The van der Waals surface area contributed by atoms with Crippen LogP contribution in [-0.4, -0.2) is 19.6 Å². The van der Waals surface area contributed by atoms with Crippen LogP contribution in [0.4, 0.5) is 17.1 Å². The molecule has 0 aromatic heterocycles. The average molecular weight is 283 g/mol. The zero-order chi connectivity index (χ0) is 15.1. The highest BCUT2D eigenvalue weighted by Gasteiger charge is 2.12. The number of para-hydroxylation sites is 2. The largest absolute Gasteiger partial charge is 0.384 e. The Balaban J connectivity index is 2.37. The topological polar surface area (TPSA) is 41.3 Å². The number of nitrogens with zero attached hydrogens (tertiary/aromatic N) is 1. The van der Waals surface area contributed by atoms with E-state index in [1.807, 2.05) is 0 Å². The van der Waals surface area contributed by atoms with E-state index in [0.717, 1.165) is 25.2 Å². The second-order valence-corrected chi connectivity index (χ2v) is 5.01. The lowest BCUT2D eigenvalue weighted by molar-refractivity contribution is 0.921. The van der Waals surface area contributed by atoms with E-state index in [2.05, 4.69) is 72.6 Å². The molecule has 0 spiro atoms. The first-order valence-electron chi connectivity index (χ1n) is 7.69. The molecule has 0 fully saturated rings. The normalized spacial score (nSPS) is 10.4. The maximum atomic E-state index is 5.82. The van der Waals surface area contributed by atoms with E-state index in [1.165, 1.54) is 16.9 Å². The summed E-state index contributed by atoms with van der Waals surface area (Å²) in [7, 11) is 0. The molecular weight excluding hydrogens is 258 g/mol. The molecule has 0 radical (unpaired) electrons. The third-order valence-corrected chi connectivity index (χ3v) is 3.57. The van der Waals surface area contributed by atoms with Crippen LogP contribution in [0.25, 0.3) is 0 Å². The summed E-state index contributed by atoms with van der Waals surface area (Å²) in [4.78, 5) is 2.28. The molecule has 112 valence electrons. The molecule has 0 aliphatic heterocycles. The van der Waals surface area contributed by atoms with E-state index < -0.39 is 0 Å². The van der Waals surface area contributed by atoms with E-state index in [9.17, 15) is 0 Å². The van der Waals surface area contributed by atoms with Gasteiger partial charge in [-0.1, -0.05) is 31.2 Å². The van der Waals surface area contributed by atoms with E-state index in [4.69, 9.17) is 5.73 Å². The third-order valence-electron chi connectivity index (χ3n) is 3.57. The maximum absolute atomic E-state index is 5.82. The lowest BCUT2D eigenvalue weighted by atomic mass is 10.1. The Kier molecular flexibility index (Phi) is 5.64. The van der Waals surface area contributed by atoms with E-state index in [-0.39, 0.29) is 0 Å². The summed E-state index contributed by atoms with van der Waals surface area (Å²) in [5, 5.41) is 3.42. The van der Waals surface area contributed by atoms with Crippen LogP contribution in [-0.2, 0) is 6.42 Å². The zero-order valence-electron chi connectivity index (χ0n) is 13.0. The summed E-state index contributed by atoms with van der Waals surface area (Å²) in [5.74, 6) is 0. The fourth-order valence-corrected chi connectivity index (χ4v) is 2.48. The molecule has 3 heteroatoms. The highest BCUT2D eigenvalue weighted by atomic mass is 15.2. The second-order valence-electron chi connectivity index (χ2n) is 5.01. The number of nitrogens with two attached hydrogens (primary N) is 1. The summed E-state index contributed by atoms with van der Waals surface area (Å²) < 4.78 is 0. The predicted molar refractivity (Wildman–Crippen MR) is 92.5 cm³/mol. The van der Waals surface area contributed by atoms with Crippen molar-refractivity contribution < 1.29 is 0 Å². The Morgan fingerprint density at radius 2 is 1.71 bits per heavy atom. The van der Waals surface area contributed by atoms with Crippen LogP contribution in [0, 0.1) is 0 Å². The van der Waals surface area contributed by atoms with Crippen molar-refractivity contribution in [1.82, 2.24) is 0 Å². The predicted octanol–water partition coefficient (Wildman–Crippen LogP) is 3.78. The van der Waals surface area contributed by atoms with Crippen molar-refractivity contribution >= 4 is 17.1 Å². The summed E-state index contributed by atoms with van der Waals surface area (Å²) in [6.07, 6.45) is 1.06. The van der Waals surface area contributed by atoms with Gasteiger partial charge in [0, 0.05) is 25.3 Å². The zero-order valence-corrected chi connectivity index (χ0v) is 13.0. The van der Waals surface area contributed by atoms with Crippen LogP contribution >= 0.6 is 0 Å². The Bertz CT molecular complexity index is 549. The highest BCUT2D eigenvalue weighted by Crippen LogP contribution is 2.31. The molecule has 2 aromatic rings. The molecule has 2 rings (SSSR count). The summed E-state index contributed by atoms with van der Waals surface area (Å²) in [6.45, 7) is 6.61. The van der Waals surface area contributed by atoms with Gasteiger partial charge < -0.3 is 16.0 Å². The minimum Gasteiger partial charge on any atom is -0.384 e. The quantitative estimate of drug-likeness (QED) is 0.812. The van der Waals surface area contributed by atoms with E-state index in [1.54, 1.807) is 0 Å². The minimum atomic E-state index is 0.621. The molecule has 3 N–H and O–H groups in total. The first-order valence-corrected chi connectivity index (χ1v) is 7.69. The Hall–Kier alpha value is -2.00. The lowest BCUT2D eigenvalue weighted by Crippen LogP contribution is -2.25. The van der Waals surface area contributed by atoms with Crippen LogP contribution in [0.15, 0.2) is 48.5 Å². The Morgan fingerprint density at radius 1 is 1.00 bits per heavy atom. The fourth-order valence-electron chi connectivity index (χ4n) is 2.48. The van der Waals surface area contributed by atoms with Gasteiger partial charge in [-0.15, -0.1) is 0 Å². The standard InChI is InChI=1S/C18H25N3/c1-3-15-9-11-16(12-10-15)21(14-13-19)18-8-6-5-7-17(18)20-4-2/h5-12,20H,3-4,13-14,19H2,1-2H3. The van der Waals surface area contributed by atoms with Crippen LogP contribution in [0.1, 0.15) is 19.4 Å². The van der Waals surface area contributed by atoms with Gasteiger partial charge in [-0.05, 0) is 43.2 Å². The van der Waals surface area contributed by atoms with Gasteiger partial charge in [-0.25, -0.2) is 0 Å². The fraction of sp³-hybridized carbons (Fsp3) is 0.333.